The standard InChI is InChI=1S/C11H21N5O2S/c1-12-6-11-13-9-15(14-11)7-10-4-3-5-16(8-10)19(2,17)18/h9-10,12H,3-8H2,1-2H3. The van der Waals surface area contributed by atoms with E-state index in [0.29, 0.717) is 25.6 Å². The van der Waals surface area contributed by atoms with E-state index in [1.54, 1.807) is 10.6 Å². The topological polar surface area (TPSA) is 80.1 Å². The molecule has 19 heavy (non-hydrogen) atoms. The van der Waals surface area contributed by atoms with Crippen molar-refractivity contribution in [2.45, 2.75) is 25.9 Å². The van der Waals surface area contributed by atoms with Crippen LogP contribution in [0.2, 0.25) is 0 Å². The Hall–Kier alpha value is -0.990. The first-order valence-electron chi connectivity index (χ1n) is 6.47. The van der Waals surface area contributed by atoms with Crippen LogP contribution >= 0.6 is 0 Å². The number of rotatable bonds is 5. The maximum atomic E-state index is 11.6. The number of nitrogens with zero attached hydrogens (tertiary/aromatic N) is 4. The van der Waals surface area contributed by atoms with Crippen LogP contribution in [0.5, 0.6) is 0 Å². The summed E-state index contributed by atoms with van der Waals surface area (Å²) < 4.78 is 26.5. The molecular formula is C11H21N5O2S. The van der Waals surface area contributed by atoms with Crippen molar-refractivity contribution in [1.29, 1.82) is 0 Å². The van der Waals surface area contributed by atoms with Gasteiger partial charge in [0, 0.05) is 19.6 Å². The Balaban J connectivity index is 1.94. The van der Waals surface area contributed by atoms with Gasteiger partial charge in [-0.05, 0) is 25.8 Å². The van der Waals surface area contributed by atoms with Crippen molar-refractivity contribution in [1.82, 2.24) is 24.4 Å². The van der Waals surface area contributed by atoms with Gasteiger partial charge in [-0.3, -0.25) is 4.68 Å². The van der Waals surface area contributed by atoms with E-state index in [4.69, 9.17) is 0 Å². The van der Waals surface area contributed by atoms with Crippen LogP contribution in [-0.2, 0) is 23.1 Å². The third kappa shape index (κ3) is 3.99. The van der Waals surface area contributed by atoms with Gasteiger partial charge in [0.05, 0.1) is 12.8 Å². The van der Waals surface area contributed by atoms with E-state index >= 15 is 0 Å². The number of hydrogen-bond acceptors (Lipinski definition) is 5. The minimum Gasteiger partial charge on any atom is -0.313 e. The zero-order valence-electron chi connectivity index (χ0n) is 11.4. The summed E-state index contributed by atoms with van der Waals surface area (Å²) in [6.07, 6.45) is 4.94. The first-order valence-corrected chi connectivity index (χ1v) is 8.32. The number of nitrogens with one attached hydrogen (secondary N) is 1. The van der Waals surface area contributed by atoms with Crippen LogP contribution in [0.1, 0.15) is 18.7 Å². The molecule has 1 N–H and O–H groups in total. The highest BCUT2D eigenvalue weighted by Gasteiger charge is 2.26. The lowest BCUT2D eigenvalue weighted by Gasteiger charge is -2.30. The molecule has 1 aromatic rings. The molecule has 1 aromatic heterocycles. The van der Waals surface area contributed by atoms with Gasteiger partial charge in [0.25, 0.3) is 0 Å². The molecule has 1 fully saturated rings. The quantitative estimate of drug-likeness (QED) is 0.802. The number of piperidine rings is 1. The first kappa shape index (κ1) is 14.4. The Labute approximate surface area is 114 Å². The van der Waals surface area contributed by atoms with Gasteiger partial charge >= 0.3 is 0 Å². The van der Waals surface area contributed by atoms with Crippen molar-refractivity contribution in [2.24, 2.45) is 5.92 Å². The molecule has 1 aliphatic rings. The molecule has 1 atom stereocenters. The molecule has 2 heterocycles. The molecule has 0 spiro atoms. The molecule has 0 saturated carbocycles. The molecule has 0 aliphatic carbocycles. The zero-order valence-corrected chi connectivity index (χ0v) is 12.2. The Morgan fingerprint density at radius 1 is 1.53 bits per heavy atom. The van der Waals surface area contributed by atoms with E-state index < -0.39 is 10.0 Å². The summed E-state index contributed by atoms with van der Waals surface area (Å²) in [6, 6.07) is 0. The smallest absolute Gasteiger partial charge is 0.211 e. The number of sulfonamides is 1. The van der Waals surface area contributed by atoms with Crippen LogP contribution in [0.3, 0.4) is 0 Å². The Morgan fingerprint density at radius 2 is 2.32 bits per heavy atom. The Kier molecular flexibility index (Phi) is 4.54. The average Bonchev–Trinajstić information content (AvgIpc) is 2.76. The fraction of sp³-hybridized carbons (Fsp3) is 0.818. The van der Waals surface area contributed by atoms with Crippen LogP contribution in [0.25, 0.3) is 0 Å². The Morgan fingerprint density at radius 3 is 3.00 bits per heavy atom. The van der Waals surface area contributed by atoms with E-state index in [1.807, 2.05) is 11.7 Å². The fourth-order valence-electron chi connectivity index (χ4n) is 2.40. The summed E-state index contributed by atoms with van der Waals surface area (Å²) in [5.41, 5.74) is 0. The van der Waals surface area contributed by atoms with Gasteiger partial charge in [-0.2, -0.15) is 5.10 Å². The lowest BCUT2D eigenvalue weighted by Crippen LogP contribution is -2.40. The lowest BCUT2D eigenvalue weighted by atomic mass is 10.00. The summed E-state index contributed by atoms with van der Waals surface area (Å²) in [4.78, 5) is 4.20. The van der Waals surface area contributed by atoms with Crippen molar-refractivity contribution in [2.75, 3.05) is 26.4 Å². The molecule has 0 aromatic carbocycles. The van der Waals surface area contributed by atoms with Crippen LogP contribution in [0, 0.1) is 5.92 Å². The minimum absolute atomic E-state index is 0.313. The van der Waals surface area contributed by atoms with Crippen molar-refractivity contribution in [3.05, 3.63) is 12.2 Å². The highest BCUT2D eigenvalue weighted by molar-refractivity contribution is 7.88. The molecule has 108 valence electrons. The van der Waals surface area contributed by atoms with Gasteiger partial charge in [0.2, 0.25) is 10.0 Å². The SMILES string of the molecule is CNCc1ncn(CC2CCCN(S(C)(=O)=O)C2)n1. The highest BCUT2D eigenvalue weighted by atomic mass is 32.2. The molecule has 1 saturated heterocycles. The summed E-state index contributed by atoms with van der Waals surface area (Å²) >= 11 is 0. The third-order valence-electron chi connectivity index (χ3n) is 3.31. The van der Waals surface area contributed by atoms with Gasteiger partial charge in [0.1, 0.15) is 6.33 Å². The average molecular weight is 287 g/mol. The van der Waals surface area contributed by atoms with E-state index in [9.17, 15) is 8.42 Å². The lowest BCUT2D eigenvalue weighted by molar-refractivity contribution is 0.240. The third-order valence-corrected chi connectivity index (χ3v) is 4.58. The summed E-state index contributed by atoms with van der Waals surface area (Å²) in [6.45, 7) is 2.59. The molecule has 2 rings (SSSR count). The van der Waals surface area contributed by atoms with E-state index in [1.165, 1.54) is 6.26 Å². The summed E-state index contributed by atoms with van der Waals surface area (Å²) in [7, 11) is -1.22. The molecule has 8 heteroatoms. The minimum atomic E-state index is -3.08. The van der Waals surface area contributed by atoms with Crippen molar-refractivity contribution in [3.8, 4) is 0 Å². The maximum absolute atomic E-state index is 11.6. The molecule has 0 bridgehead atoms. The zero-order chi connectivity index (χ0) is 13.9. The molecule has 1 unspecified atom stereocenters. The van der Waals surface area contributed by atoms with Crippen LogP contribution in [0.4, 0.5) is 0 Å². The van der Waals surface area contributed by atoms with Crippen LogP contribution < -0.4 is 5.32 Å². The monoisotopic (exact) mass is 287 g/mol. The van der Waals surface area contributed by atoms with Gasteiger partial charge < -0.3 is 5.32 Å². The van der Waals surface area contributed by atoms with Crippen LogP contribution in [0.15, 0.2) is 6.33 Å². The molecule has 1 aliphatic heterocycles. The van der Waals surface area contributed by atoms with E-state index in [2.05, 4.69) is 15.4 Å². The first-order chi connectivity index (χ1) is 8.99. The van der Waals surface area contributed by atoms with Gasteiger partial charge in [-0.15, -0.1) is 0 Å². The second-order valence-corrected chi connectivity index (χ2v) is 7.02. The number of aromatic nitrogens is 3. The predicted molar refractivity (Wildman–Crippen MR) is 71.9 cm³/mol. The Bertz CT molecular complexity index is 513. The second-order valence-electron chi connectivity index (χ2n) is 5.04. The van der Waals surface area contributed by atoms with Crippen LogP contribution in [-0.4, -0.2) is 53.9 Å². The van der Waals surface area contributed by atoms with E-state index in [0.717, 1.165) is 25.2 Å². The van der Waals surface area contributed by atoms with Gasteiger partial charge in [-0.1, -0.05) is 0 Å². The number of hydrogen-bond donors (Lipinski definition) is 1. The van der Waals surface area contributed by atoms with Gasteiger partial charge in [0.15, 0.2) is 5.82 Å². The normalized spacial score (nSPS) is 21.7. The van der Waals surface area contributed by atoms with Crippen molar-refractivity contribution >= 4 is 10.0 Å². The molecule has 0 amide bonds. The fourth-order valence-corrected chi connectivity index (χ4v) is 3.34. The van der Waals surface area contributed by atoms with E-state index in [-0.39, 0.29) is 0 Å². The highest BCUT2D eigenvalue weighted by Crippen LogP contribution is 2.19. The van der Waals surface area contributed by atoms with Crippen molar-refractivity contribution < 1.29 is 8.42 Å². The van der Waals surface area contributed by atoms with Crippen molar-refractivity contribution in [3.63, 3.8) is 0 Å². The summed E-state index contributed by atoms with van der Waals surface area (Å²) in [5.74, 6) is 1.07. The van der Waals surface area contributed by atoms with Gasteiger partial charge in [-0.25, -0.2) is 17.7 Å². The molecule has 0 radical (unpaired) electrons. The molecule has 7 nitrogen and oxygen atoms in total. The molecular weight excluding hydrogens is 266 g/mol. The second kappa shape index (κ2) is 5.98. The summed E-state index contributed by atoms with van der Waals surface area (Å²) in [5, 5.41) is 7.36. The predicted octanol–water partition coefficient (Wildman–Crippen LogP) is -0.331. The maximum Gasteiger partial charge on any atom is 0.211 e. The largest absolute Gasteiger partial charge is 0.313 e.